The molecule has 2 fully saturated rings. The fraction of sp³-hybridized carbons (Fsp3) is 0.714. The topological polar surface area (TPSA) is 81.1 Å². The van der Waals surface area contributed by atoms with E-state index in [4.69, 9.17) is 0 Å². The average Bonchev–Trinajstić information content (AvgIpc) is 3.04. The molecule has 2 saturated heterocycles. The fourth-order valence-corrected chi connectivity index (χ4v) is 5.09. The van der Waals surface area contributed by atoms with Gasteiger partial charge >= 0.3 is 0 Å². The van der Waals surface area contributed by atoms with Gasteiger partial charge in [0.2, 0.25) is 5.91 Å². The van der Waals surface area contributed by atoms with Crippen molar-refractivity contribution in [3.05, 3.63) is 17.0 Å². The van der Waals surface area contributed by atoms with Crippen molar-refractivity contribution in [2.24, 2.45) is 0 Å². The Kier molecular flexibility index (Phi) is 3.55. The van der Waals surface area contributed by atoms with Gasteiger partial charge < -0.3 is 5.32 Å². The van der Waals surface area contributed by atoms with Gasteiger partial charge in [-0.3, -0.25) is 9.48 Å². The standard InChI is InChI=1S/C14H21N3O3S/c1-9-13(7-11-3-4-14(18)15-11)10(2)17(16-9)12-5-6-21(19,20)8-12/h11-12H,3-8H2,1-2H3,(H,15,18). The normalized spacial score (nSPS) is 28.0. The molecule has 1 aromatic heterocycles. The highest BCUT2D eigenvalue weighted by atomic mass is 32.2. The first-order valence-electron chi connectivity index (χ1n) is 7.40. The molecule has 2 aliphatic heterocycles. The van der Waals surface area contributed by atoms with Crippen LogP contribution in [0, 0.1) is 13.8 Å². The van der Waals surface area contributed by atoms with Gasteiger partial charge in [0.15, 0.2) is 9.84 Å². The van der Waals surface area contributed by atoms with Crippen LogP contribution in [0.2, 0.25) is 0 Å². The lowest BCUT2D eigenvalue weighted by atomic mass is 10.0. The summed E-state index contributed by atoms with van der Waals surface area (Å²) in [5.74, 6) is 0.558. The van der Waals surface area contributed by atoms with Crippen molar-refractivity contribution < 1.29 is 13.2 Å². The molecule has 0 saturated carbocycles. The Hall–Kier alpha value is -1.37. The molecule has 116 valence electrons. The third kappa shape index (κ3) is 2.84. The van der Waals surface area contributed by atoms with E-state index < -0.39 is 9.84 Å². The van der Waals surface area contributed by atoms with Gasteiger partial charge in [-0.05, 0) is 38.7 Å². The highest BCUT2D eigenvalue weighted by molar-refractivity contribution is 7.91. The van der Waals surface area contributed by atoms with E-state index in [-0.39, 0.29) is 29.5 Å². The van der Waals surface area contributed by atoms with E-state index in [2.05, 4.69) is 10.4 Å². The molecule has 1 N–H and O–H groups in total. The quantitative estimate of drug-likeness (QED) is 0.890. The van der Waals surface area contributed by atoms with Crippen LogP contribution in [-0.4, -0.2) is 41.7 Å². The van der Waals surface area contributed by atoms with Crippen LogP contribution in [0.4, 0.5) is 0 Å². The molecule has 3 rings (SSSR count). The van der Waals surface area contributed by atoms with E-state index in [1.165, 1.54) is 0 Å². The van der Waals surface area contributed by atoms with Gasteiger partial charge in [0.25, 0.3) is 0 Å². The van der Waals surface area contributed by atoms with Gasteiger partial charge in [-0.15, -0.1) is 0 Å². The van der Waals surface area contributed by atoms with Crippen LogP contribution in [-0.2, 0) is 21.1 Å². The van der Waals surface area contributed by atoms with Gasteiger partial charge in [-0.2, -0.15) is 5.10 Å². The minimum Gasteiger partial charge on any atom is -0.353 e. The van der Waals surface area contributed by atoms with Gasteiger partial charge in [0, 0.05) is 18.2 Å². The molecule has 6 nitrogen and oxygen atoms in total. The lowest BCUT2D eigenvalue weighted by Gasteiger charge is -2.13. The predicted molar refractivity (Wildman–Crippen MR) is 78.9 cm³/mol. The summed E-state index contributed by atoms with van der Waals surface area (Å²) in [6.07, 6.45) is 2.88. The van der Waals surface area contributed by atoms with E-state index in [1.54, 1.807) is 0 Å². The number of carbonyl (C=O) groups is 1. The number of aryl methyl sites for hydroxylation is 1. The summed E-state index contributed by atoms with van der Waals surface area (Å²) in [4.78, 5) is 11.3. The molecule has 21 heavy (non-hydrogen) atoms. The molecule has 0 bridgehead atoms. The molecule has 0 radical (unpaired) electrons. The van der Waals surface area contributed by atoms with Crippen molar-refractivity contribution >= 4 is 15.7 Å². The summed E-state index contributed by atoms with van der Waals surface area (Å²) in [6.45, 7) is 3.95. The van der Waals surface area contributed by atoms with Crippen molar-refractivity contribution in [1.82, 2.24) is 15.1 Å². The lowest BCUT2D eigenvalue weighted by Crippen LogP contribution is -2.27. The van der Waals surface area contributed by atoms with Crippen LogP contribution in [0.3, 0.4) is 0 Å². The maximum absolute atomic E-state index is 11.6. The number of aromatic nitrogens is 2. The van der Waals surface area contributed by atoms with Crippen LogP contribution in [0.15, 0.2) is 0 Å². The molecule has 0 aliphatic carbocycles. The Labute approximate surface area is 124 Å². The van der Waals surface area contributed by atoms with Crippen molar-refractivity contribution in [3.63, 3.8) is 0 Å². The summed E-state index contributed by atoms with van der Waals surface area (Å²) in [5.41, 5.74) is 3.13. The van der Waals surface area contributed by atoms with Crippen LogP contribution in [0.25, 0.3) is 0 Å². The number of nitrogens with zero attached hydrogens (tertiary/aromatic N) is 2. The summed E-state index contributed by atoms with van der Waals surface area (Å²) in [5, 5.41) is 7.54. The number of hydrogen-bond donors (Lipinski definition) is 1. The molecule has 0 spiro atoms. The third-order valence-electron chi connectivity index (χ3n) is 4.56. The van der Waals surface area contributed by atoms with Crippen LogP contribution < -0.4 is 5.32 Å². The molecule has 2 aliphatic rings. The molecular weight excluding hydrogens is 290 g/mol. The number of amides is 1. The number of sulfone groups is 1. The number of carbonyl (C=O) groups excluding carboxylic acids is 1. The van der Waals surface area contributed by atoms with E-state index in [9.17, 15) is 13.2 Å². The average molecular weight is 311 g/mol. The first kappa shape index (κ1) is 14.6. The van der Waals surface area contributed by atoms with E-state index in [1.807, 2.05) is 18.5 Å². The molecule has 7 heteroatoms. The smallest absolute Gasteiger partial charge is 0.220 e. The van der Waals surface area contributed by atoms with Crippen molar-refractivity contribution in [2.75, 3.05) is 11.5 Å². The van der Waals surface area contributed by atoms with Crippen LogP contribution in [0.5, 0.6) is 0 Å². The fourth-order valence-electron chi connectivity index (χ4n) is 3.39. The minimum atomic E-state index is -2.91. The third-order valence-corrected chi connectivity index (χ3v) is 6.31. The number of rotatable bonds is 3. The SMILES string of the molecule is Cc1nn(C2CCS(=O)(=O)C2)c(C)c1CC1CCC(=O)N1. The molecule has 1 amide bonds. The summed E-state index contributed by atoms with van der Waals surface area (Å²) < 4.78 is 25.2. The summed E-state index contributed by atoms with van der Waals surface area (Å²) in [7, 11) is -2.91. The van der Waals surface area contributed by atoms with Crippen LogP contribution >= 0.6 is 0 Å². The maximum atomic E-state index is 11.6. The zero-order chi connectivity index (χ0) is 15.2. The van der Waals surface area contributed by atoms with Gasteiger partial charge in [-0.1, -0.05) is 0 Å². The molecule has 0 aromatic carbocycles. The monoisotopic (exact) mass is 311 g/mol. The largest absolute Gasteiger partial charge is 0.353 e. The molecule has 2 unspecified atom stereocenters. The Morgan fingerprint density at radius 1 is 1.33 bits per heavy atom. The first-order chi connectivity index (χ1) is 9.85. The zero-order valence-corrected chi connectivity index (χ0v) is 13.2. The predicted octanol–water partition coefficient (Wildman–Crippen LogP) is 0.681. The Balaban J connectivity index is 1.82. The second kappa shape index (κ2) is 5.12. The highest BCUT2D eigenvalue weighted by Crippen LogP contribution is 2.27. The Bertz CT molecular complexity index is 678. The van der Waals surface area contributed by atoms with E-state index >= 15 is 0 Å². The zero-order valence-electron chi connectivity index (χ0n) is 12.4. The Morgan fingerprint density at radius 3 is 2.67 bits per heavy atom. The summed E-state index contributed by atoms with van der Waals surface area (Å²) in [6, 6.07) is 0.139. The Morgan fingerprint density at radius 2 is 2.10 bits per heavy atom. The van der Waals surface area contributed by atoms with Crippen molar-refractivity contribution in [3.8, 4) is 0 Å². The van der Waals surface area contributed by atoms with Crippen LogP contribution in [0.1, 0.15) is 42.3 Å². The van der Waals surface area contributed by atoms with E-state index in [0.29, 0.717) is 12.8 Å². The van der Waals surface area contributed by atoms with Gasteiger partial charge in [0.05, 0.1) is 23.2 Å². The second-order valence-electron chi connectivity index (χ2n) is 6.16. The first-order valence-corrected chi connectivity index (χ1v) is 9.22. The highest BCUT2D eigenvalue weighted by Gasteiger charge is 2.32. The van der Waals surface area contributed by atoms with Crippen molar-refractivity contribution in [2.45, 2.75) is 51.6 Å². The number of nitrogens with one attached hydrogen (secondary N) is 1. The second-order valence-corrected chi connectivity index (χ2v) is 8.39. The molecule has 2 atom stereocenters. The van der Waals surface area contributed by atoms with E-state index in [0.717, 1.165) is 29.8 Å². The number of hydrogen-bond acceptors (Lipinski definition) is 4. The maximum Gasteiger partial charge on any atom is 0.220 e. The molecule has 3 heterocycles. The summed E-state index contributed by atoms with van der Waals surface area (Å²) >= 11 is 0. The molecule has 1 aromatic rings. The van der Waals surface area contributed by atoms with Gasteiger partial charge in [0.1, 0.15) is 0 Å². The molecular formula is C14H21N3O3S. The van der Waals surface area contributed by atoms with Gasteiger partial charge in [-0.25, -0.2) is 8.42 Å². The van der Waals surface area contributed by atoms with Crippen molar-refractivity contribution in [1.29, 1.82) is 0 Å². The minimum absolute atomic E-state index is 0.0411. The lowest BCUT2D eigenvalue weighted by molar-refractivity contribution is -0.119.